The van der Waals surface area contributed by atoms with Crippen molar-refractivity contribution in [3.63, 3.8) is 0 Å². The van der Waals surface area contributed by atoms with Gasteiger partial charge in [-0.1, -0.05) is 152 Å². The van der Waals surface area contributed by atoms with Crippen LogP contribution in [0.4, 0.5) is 11.4 Å². The molecule has 4 nitrogen and oxygen atoms in total. The van der Waals surface area contributed by atoms with Crippen molar-refractivity contribution in [2.24, 2.45) is 0 Å². The number of rotatable bonds is 6. The van der Waals surface area contributed by atoms with Crippen molar-refractivity contribution in [2.75, 3.05) is 4.90 Å². The fraction of sp³-hybridized carbons (Fsp3) is 0.0444. The molecule has 49 heavy (non-hydrogen) atoms. The zero-order valence-electron chi connectivity index (χ0n) is 26.8. The Bertz CT molecular complexity index is 2310. The van der Waals surface area contributed by atoms with E-state index in [-0.39, 0.29) is 12.0 Å². The van der Waals surface area contributed by atoms with Gasteiger partial charge in [0.1, 0.15) is 0 Å². The third-order valence-corrected chi connectivity index (χ3v) is 9.48. The first-order chi connectivity index (χ1) is 24.3. The minimum Gasteiger partial charge on any atom is -0.333 e. The van der Waals surface area contributed by atoms with Crippen molar-refractivity contribution in [2.45, 2.75) is 12.0 Å². The summed E-state index contributed by atoms with van der Waals surface area (Å²) in [5.74, 6) is 2.24. The van der Waals surface area contributed by atoms with Crippen LogP contribution in [0.5, 0.6) is 0 Å². The van der Waals surface area contributed by atoms with Crippen LogP contribution < -0.4 is 4.90 Å². The highest BCUT2D eigenvalue weighted by Gasteiger charge is 2.38. The Labute approximate surface area is 286 Å². The van der Waals surface area contributed by atoms with E-state index in [1.54, 1.807) is 0 Å². The number of fused-ring (bicyclic) bond motifs is 3. The summed E-state index contributed by atoms with van der Waals surface area (Å²) >= 11 is 0. The normalized spacial score (nSPS) is 16.2. The predicted molar refractivity (Wildman–Crippen MR) is 200 cm³/mol. The van der Waals surface area contributed by atoms with Crippen LogP contribution in [-0.2, 0) is 0 Å². The Morgan fingerprint density at radius 1 is 0.408 bits per heavy atom. The summed E-state index contributed by atoms with van der Waals surface area (Å²) < 4.78 is 0. The number of anilines is 2. The molecule has 1 aliphatic carbocycles. The Kier molecular flexibility index (Phi) is 7.25. The molecule has 2 heterocycles. The highest BCUT2D eigenvalue weighted by molar-refractivity contribution is 5.83. The van der Waals surface area contributed by atoms with Crippen LogP contribution in [0, 0.1) is 0 Å². The van der Waals surface area contributed by atoms with Crippen molar-refractivity contribution in [3.05, 3.63) is 193 Å². The van der Waals surface area contributed by atoms with Crippen LogP contribution >= 0.6 is 0 Å². The maximum Gasteiger partial charge on any atom is 0.164 e. The molecule has 0 radical (unpaired) electrons. The Morgan fingerprint density at radius 3 is 1.47 bits per heavy atom. The van der Waals surface area contributed by atoms with Gasteiger partial charge in [-0.05, 0) is 58.2 Å². The molecule has 2 atom stereocenters. The third-order valence-electron chi connectivity index (χ3n) is 9.48. The molecule has 2 aliphatic rings. The van der Waals surface area contributed by atoms with Gasteiger partial charge >= 0.3 is 0 Å². The molecule has 4 heteroatoms. The summed E-state index contributed by atoms with van der Waals surface area (Å²) in [6.45, 7) is 0. The lowest BCUT2D eigenvalue weighted by Gasteiger charge is -2.30. The number of aromatic nitrogens is 3. The minimum absolute atomic E-state index is 0.177. The van der Waals surface area contributed by atoms with Crippen LogP contribution in [0.2, 0.25) is 0 Å². The molecule has 0 spiro atoms. The Hall–Kier alpha value is -6.39. The van der Waals surface area contributed by atoms with Gasteiger partial charge in [0.25, 0.3) is 0 Å². The Morgan fingerprint density at radius 2 is 0.857 bits per heavy atom. The molecular weight excluding hydrogens is 597 g/mol. The number of allylic oxidation sites excluding steroid dienone is 2. The molecule has 1 aromatic heterocycles. The summed E-state index contributed by atoms with van der Waals surface area (Å²) in [6.07, 6.45) is 7.06. The molecule has 232 valence electrons. The van der Waals surface area contributed by atoms with Gasteiger partial charge in [-0.15, -0.1) is 0 Å². The van der Waals surface area contributed by atoms with E-state index >= 15 is 0 Å². The molecule has 0 N–H and O–H groups in total. The number of benzene rings is 6. The van der Waals surface area contributed by atoms with Crippen molar-refractivity contribution >= 4 is 16.9 Å². The zero-order chi connectivity index (χ0) is 32.6. The van der Waals surface area contributed by atoms with Crippen LogP contribution in [0.25, 0.3) is 50.9 Å². The SMILES string of the molecule is C1=CC2c3ccccc3N(c3ccc(-c4nc(-c5ccccc5)nc(-c5ccc(-c6ccccc6)cc5)n4)cc3)C2C=C1c1ccccc1. The van der Waals surface area contributed by atoms with Crippen molar-refractivity contribution < 1.29 is 0 Å². The molecule has 2 unspecified atom stereocenters. The van der Waals surface area contributed by atoms with Crippen LogP contribution in [0.15, 0.2) is 182 Å². The molecule has 0 saturated carbocycles. The molecule has 0 bridgehead atoms. The molecule has 0 saturated heterocycles. The van der Waals surface area contributed by atoms with Gasteiger partial charge in [-0.3, -0.25) is 0 Å². The van der Waals surface area contributed by atoms with E-state index in [0.717, 1.165) is 27.9 Å². The predicted octanol–water partition coefficient (Wildman–Crippen LogP) is 10.8. The van der Waals surface area contributed by atoms with Gasteiger partial charge in [-0.25, -0.2) is 15.0 Å². The number of hydrogen-bond donors (Lipinski definition) is 0. The first kappa shape index (κ1) is 28.8. The van der Waals surface area contributed by atoms with Gasteiger partial charge in [-0.2, -0.15) is 0 Å². The average Bonchev–Trinajstić information content (AvgIpc) is 3.52. The van der Waals surface area contributed by atoms with E-state index in [4.69, 9.17) is 15.0 Å². The third kappa shape index (κ3) is 5.43. The van der Waals surface area contributed by atoms with Crippen molar-refractivity contribution in [1.29, 1.82) is 0 Å². The topological polar surface area (TPSA) is 41.9 Å². The average molecular weight is 629 g/mol. The van der Waals surface area contributed by atoms with E-state index in [9.17, 15) is 0 Å². The van der Waals surface area contributed by atoms with Gasteiger partial charge in [0.2, 0.25) is 0 Å². The highest BCUT2D eigenvalue weighted by Crippen LogP contribution is 2.49. The first-order valence-electron chi connectivity index (χ1n) is 16.7. The summed E-state index contributed by atoms with van der Waals surface area (Å²) in [5.41, 5.74) is 11.4. The minimum atomic E-state index is 0.177. The maximum atomic E-state index is 5.02. The molecule has 0 fully saturated rings. The van der Waals surface area contributed by atoms with Crippen LogP contribution in [-0.4, -0.2) is 21.0 Å². The van der Waals surface area contributed by atoms with Crippen molar-refractivity contribution in [3.8, 4) is 45.3 Å². The second-order valence-electron chi connectivity index (χ2n) is 12.5. The maximum absolute atomic E-state index is 5.02. The monoisotopic (exact) mass is 628 g/mol. The quantitative estimate of drug-likeness (QED) is 0.184. The van der Waals surface area contributed by atoms with E-state index in [1.807, 2.05) is 36.4 Å². The summed E-state index contributed by atoms with van der Waals surface area (Å²) in [7, 11) is 0. The fourth-order valence-electron chi connectivity index (χ4n) is 7.03. The van der Waals surface area contributed by atoms with Gasteiger partial charge in [0, 0.05) is 34.0 Å². The molecule has 7 aromatic rings. The summed E-state index contributed by atoms with van der Waals surface area (Å²) in [6, 6.07) is 57.2. The largest absolute Gasteiger partial charge is 0.333 e. The van der Waals surface area contributed by atoms with E-state index < -0.39 is 0 Å². The number of nitrogens with zero attached hydrogens (tertiary/aromatic N) is 4. The smallest absolute Gasteiger partial charge is 0.164 e. The molecule has 6 aromatic carbocycles. The summed E-state index contributed by atoms with van der Waals surface area (Å²) in [5, 5.41) is 0. The van der Waals surface area contributed by atoms with Crippen LogP contribution in [0.3, 0.4) is 0 Å². The van der Waals surface area contributed by atoms with Gasteiger partial charge in [0.05, 0.1) is 6.04 Å². The van der Waals surface area contributed by atoms with Crippen LogP contribution in [0.1, 0.15) is 17.0 Å². The van der Waals surface area contributed by atoms with E-state index in [0.29, 0.717) is 17.5 Å². The molecule has 0 amide bonds. The molecule has 1 aliphatic heterocycles. The van der Waals surface area contributed by atoms with E-state index in [1.165, 1.54) is 28.0 Å². The zero-order valence-corrected chi connectivity index (χ0v) is 26.8. The van der Waals surface area contributed by atoms with Gasteiger partial charge in [0.15, 0.2) is 17.5 Å². The first-order valence-corrected chi connectivity index (χ1v) is 16.7. The van der Waals surface area contributed by atoms with E-state index in [2.05, 4.69) is 151 Å². The summed E-state index contributed by atoms with van der Waals surface area (Å²) in [4.78, 5) is 17.4. The molecular formula is C45H32N4. The Balaban J connectivity index is 1.09. The lowest BCUT2D eigenvalue weighted by molar-refractivity contribution is 0.747. The molecule has 9 rings (SSSR count). The highest BCUT2D eigenvalue weighted by atomic mass is 15.2. The van der Waals surface area contributed by atoms with Crippen molar-refractivity contribution in [1.82, 2.24) is 15.0 Å². The number of para-hydroxylation sites is 1. The second-order valence-corrected chi connectivity index (χ2v) is 12.5. The lowest BCUT2D eigenvalue weighted by Crippen LogP contribution is -2.29. The van der Waals surface area contributed by atoms with Gasteiger partial charge < -0.3 is 4.90 Å². The second kappa shape index (κ2) is 12.3. The number of hydrogen-bond acceptors (Lipinski definition) is 4. The standard InChI is InChI=1S/C45H32N4/c1-4-12-31(13-5-1)33-20-22-35(23-21-33)44-46-43(34-16-8-3-9-17-34)47-45(48-44)36-24-27-38(28-25-36)49-41-19-11-10-18-39(41)40-29-26-37(30-42(40)49)32-14-6-2-7-15-32/h1-30,40,42H. The fourth-order valence-corrected chi connectivity index (χ4v) is 7.03. The lowest BCUT2D eigenvalue weighted by atomic mass is 9.87.